The van der Waals surface area contributed by atoms with Crippen molar-refractivity contribution in [1.29, 1.82) is 0 Å². The number of aryl methyl sites for hydroxylation is 2. The van der Waals surface area contributed by atoms with E-state index in [2.05, 4.69) is 52.1 Å². The number of rotatable bonds is 7. The predicted octanol–water partition coefficient (Wildman–Crippen LogP) is 6.58. The quantitative estimate of drug-likeness (QED) is 0.252. The molecule has 0 spiro atoms. The molecule has 1 saturated heterocycles. The second-order valence-corrected chi connectivity index (χ2v) is 10.9. The molecule has 0 saturated carbocycles. The van der Waals surface area contributed by atoms with Crippen molar-refractivity contribution in [1.82, 2.24) is 14.9 Å². The fourth-order valence-electron chi connectivity index (χ4n) is 5.40. The monoisotopic (exact) mass is 553 g/mol. The number of benzene rings is 2. The Morgan fingerprint density at radius 3 is 2.50 bits per heavy atom. The van der Waals surface area contributed by atoms with E-state index in [0.717, 1.165) is 51.0 Å². The van der Waals surface area contributed by atoms with Crippen LogP contribution in [0.5, 0.6) is 5.75 Å². The van der Waals surface area contributed by atoms with E-state index in [1.54, 1.807) is 7.11 Å². The molecule has 0 radical (unpaired) electrons. The van der Waals surface area contributed by atoms with Crippen molar-refractivity contribution in [3.63, 3.8) is 0 Å². The number of nitrogens with one attached hydrogen (secondary N) is 2. The summed E-state index contributed by atoms with van der Waals surface area (Å²) in [5.41, 5.74) is 8.06. The maximum Gasteiger partial charge on any atom is 0.226 e. The van der Waals surface area contributed by atoms with Gasteiger partial charge in [0.15, 0.2) is 5.11 Å². The fraction of sp³-hybridized carbons (Fsp3) is 0.281. The topological polar surface area (TPSA) is 71.4 Å². The number of pyridine rings is 1. The van der Waals surface area contributed by atoms with Gasteiger partial charge in [-0.05, 0) is 92.6 Å². The number of ether oxygens (including phenoxy) is 1. The van der Waals surface area contributed by atoms with Gasteiger partial charge in [0.2, 0.25) is 5.91 Å². The van der Waals surface area contributed by atoms with Crippen LogP contribution in [0, 0.1) is 26.7 Å². The van der Waals surface area contributed by atoms with Gasteiger partial charge in [0.05, 0.1) is 24.9 Å². The van der Waals surface area contributed by atoms with Crippen LogP contribution >= 0.6 is 12.2 Å². The van der Waals surface area contributed by atoms with Crippen LogP contribution in [0.2, 0.25) is 0 Å². The number of carbonyl (C=O) groups excluding carboxylic acids is 1. The molecule has 4 aromatic rings. The average Bonchev–Trinajstić information content (AvgIpc) is 3.44. The molecule has 206 valence electrons. The molecule has 40 heavy (non-hydrogen) atoms. The van der Waals surface area contributed by atoms with Gasteiger partial charge in [-0.15, -0.1) is 0 Å². The summed E-state index contributed by atoms with van der Waals surface area (Å²) < 4.78 is 7.75. The third kappa shape index (κ3) is 5.07. The lowest BCUT2D eigenvalue weighted by Gasteiger charge is -2.29. The van der Waals surface area contributed by atoms with E-state index < -0.39 is 0 Å². The molecular weight excluding hydrogens is 518 g/mol. The number of thiocarbonyl (C=S) groups is 1. The molecule has 2 atom stereocenters. The van der Waals surface area contributed by atoms with Gasteiger partial charge in [-0.1, -0.05) is 26.0 Å². The zero-order valence-corrected chi connectivity index (χ0v) is 24.5. The van der Waals surface area contributed by atoms with Gasteiger partial charge in [-0.2, -0.15) is 0 Å². The highest BCUT2D eigenvalue weighted by Crippen LogP contribution is 2.44. The molecule has 1 aliphatic heterocycles. The van der Waals surface area contributed by atoms with Gasteiger partial charge in [0.25, 0.3) is 0 Å². The van der Waals surface area contributed by atoms with E-state index >= 15 is 0 Å². The summed E-state index contributed by atoms with van der Waals surface area (Å²) in [5, 5.41) is 7.22. The van der Waals surface area contributed by atoms with Crippen molar-refractivity contribution in [2.75, 3.05) is 17.3 Å². The van der Waals surface area contributed by atoms with Crippen LogP contribution in [0.3, 0.4) is 0 Å². The normalized spacial score (nSPS) is 16.8. The van der Waals surface area contributed by atoms with Gasteiger partial charge < -0.3 is 24.8 Å². The molecule has 7 nitrogen and oxygen atoms in total. The first kappa shape index (κ1) is 27.4. The van der Waals surface area contributed by atoms with E-state index in [-0.39, 0.29) is 23.9 Å². The van der Waals surface area contributed by atoms with Crippen LogP contribution in [0.15, 0.2) is 72.9 Å². The lowest BCUT2D eigenvalue weighted by Crippen LogP contribution is -2.29. The van der Waals surface area contributed by atoms with E-state index in [1.807, 2.05) is 75.5 Å². The van der Waals surface area contributed by atoms with Crippen LogP contribution < -0.4 is 20.3 Å². The number of nitrogens with zero attached hydrogens (tertiary/aromatic N) is 3. The molecule has 0 bridgehead atoms. The minimum Gasteiger partial charge on any atom is -0.497 e. The fourth-order valence-corrected chi connectivity index (χ4v) is 5.74. The Bertz CT molecular complexity index is 1560. The van der Waals surface area contributed by atoms with Crippen LogP contribution in [0.4, 0.5) is 11.4 Å². The summed E-state index contributed by atoms with van der Waals surface area (Å²) in [4.78, 5) is 19.2. The van der Waals surface area contributed by atoms with Gasteiger partial charge in [-0.3, -0.25) is 9.78 Å². The molecule has 2 aromatic heterocycles. The predicted molar refractivity (Wildman–Crippen MR) is 164 cm³/mol. The average molecular weight is 554 g/mol. The lowest BCUT2D eigenvalue weighted by atomic mass is 9.96. The zero-order valence-electron chi connectivity index (χ0n) is 23.7. The first-order chi connectivity index (χ1) is 19.2. The molecule has 3 heterocycles. The van der Waals surface area contributed by atoms with Gasteiger partial charge in [0.1, 0.15) is 5.75 Å². The van der Waals surface area contributed by atoms with Crippen LogP contribution in [0.25, 0.3) is 5.69 Å². The highest BCUT2D eigenvalue weighted by molar-refractivity contribution is 7.80. The SMILES string of the molecule is COc1cccc(-n2c(C)cc([C@H]3[C@@H](c4ccccn4)NC(=S)N3c3ccc(NC(=O)C(C)C)c(C)c3)c2C)c1. The first-order valence-corrected chi connectivity index (χ1v) is 13.9. The van der Waals surface area contributed by atoms with Gasteiger partial charge in [-0.25, -0.2) is 0 Å². The number of carbonyl (C=O) groups is 1. The molecule has 2 N–H and O–H groups in total. The molecule has 1 fully saturated rings. The molecule has 8 heteroatoms. The third-order valence-corrected chi connectivity index (χ3v) is 7.78. The Labute approximate surface area is 241 Å². The van der Waals surface area contributed by atoms with Crippen molar-refractivity contribution in [3.05, 3.63) is 101 Å². The molecular formula is C32H35N5O2S. The molecule has 2 aromatic carbocycles. The number of hydrogen-bond acceptors (Lipinski definition) is 4. The molecule has 0 aliphatic carbocycles. The largest absolute Gasteiger partial charge is 0.497 e. The highest BCUT2D eigenvalue weighted by Gasteiger charge is 2.42. The van der Waals surface area contributed by atoms with E-state index in [4.69, 9.17) is 21.9 Å². The minimum absolute atomic E-state index is 0.00714. The molecule has 0 unspecified atom stereocenters. The van der Waals surface area contributed by atoms with Crippen molar-refractivity contribution in [3.8, 4) is 11.4 Å². The Morgan fingerprint density at radius 1 is 1.02 bits per heavy atom. The minimum atomic E-state index is -0.159. The van der Waals surface area contributed by atoms with Gasteiger partial charge in [0, 0.05) is 46.6 Å². The zero-order chi connectivity index (χ0) is 28.6. The summed E-state index contributed by atoms with van der Waals surface area (Å²) in [5.74, 6) is 0.702. The standard InChI is InChI=1S/C32H35N5O2S/c1-19(2)31(38)34-27-14-13-24(16-20(27)3)37-30(29(35-32(37)40)28-12-7-8-15-33-28)26-17-21(4)36(22(26)5)23-10-9-11-25(18-23)39-6/h7-19,29-30H,1-6H3,(H,34,38)(H,35,40)/t29-,30+/m1/s1. The van der Waals surface area contributed by atoms with Gasteiger partial charge >= 0.3 is 0 Å². The Hall–Kier alpha value is -4.17. The Kier molecular flexibility index (Phi) is 7.63. The molecule has 5 rings (SSSR count). The third-order valence-electron chi connectivity index (χ3n) is 7.47. The molecule has 1 aliphatic rings. The second-order valence-electron chi connectivity index (χ2n) is 10.5. The number of amides is 1. The maximum atomic E-state index is 12.4. The van der Waals surface area contributed by atoms with Crippen molar-refractivity contribution < 1.29 is 9.53 Å². The number of methoxy groups -OCH3 is 1. The summed E-state index contributed by atoms with van der Waals surface area (Å²) in [6.07, 6.45) is 1.82. The van der Waals surface area contributed by atoms with Crippen molar-refractivity contribution in [2.45, 2.75) is 46.7 Å². The van der Waals surface area contributed by atoms with Crippen LogP contribution in [-0.4, -0.2) is 27.7 Å². The van der Waals surface area contributed by atoms with Crippen molar-refractivity contribution >= 4 is 34.6 Å². The number of aromatic nitrogens is 2. The molecule has 1 amide bonds. The van der Waals surface area contributed by atoms with Crippen LogP contribution in [0.1, 0.15) is 54.1 Å². The summed E-state index contributed by atoms with van der Waals surface area (Å²) >= 11 is 5.96. The van der Waals surface area contributed by atoms with Crippen LogP contribution in [-0.2, 0) is 4.79 Å². The van der Waals surface area contributed by atoms with E-state index in [0.29, 0.717) is 5.11 Å². The summed E-state index contributed by atoms with van der Waals surface area (Å²) in [6, 6.07) is 22.0. The highest BCUT2D eigenvalue weighted by atomic mass is 32.1. The van der Waals surface area contributed by atoms with Crippen molar-refractivity contribution in [2.24, 2.45) is 5.92 Å². The van der Waals surface area contributed by atoms with E-state index in [1.165, 1.54) is 0 Å². The first-order valence-electron chi connectivity index (χ1n) is 13.4. The summed E-state index contributed by atoms with van der Waals surface area (Å²) in [6.45, 7) is 10.0. The maximum absolute atomic E-state index is 12.4. The second kappa shape index (κ2) is 11.1. The Balaban J connectivity index is 1.62. The summed E-state index contributed by atoms with van der Waals surface area (Å²) in [7, 11) is 1.68. The smallest absolute Gasteiger partial charge is 0.226 e. The Morgan fingerprint density at radius 2 is 1.82 bits per heavy atom. The lowest BCUT2D eigenvalue weighted by molar-refractivity contribution is -0.118. The number of anilines is 2. The van der Waals surface area contributed by atoms with E-state index in [9.17, 15) is 4.79 Å². The number of hydrogen-bond donors (Lipinski definition) is 2.